The summed E-state index contributed by atoms with van der Waals surface area (Å²) in [5.74, 6) is -0.173. The van der Waals surface area contributed by atoms with Crippen LogP contribution < -0.4 is 10.2 Å². The van der Waals surface area contributed by atoms with E-state index in [0.29, 0.717) is 27.5 Å². The van der Waals surface area contributed by atoms with Crippen LogP contribution in [0.1, 0.15) is 44.7 Å². The Kier molecular flexibility index (Phi) is 12.9. The highest BCUT2D eigenvalue weighted by Crippen LogP contribution is 2.32. The number of hydrogen-bond donors (Lipinski definition) is 2. The SMILES string of the molecule is CC(=O)N(CCN1CCCC1)c1nc2ccc(S(=O)(=O)N(CC(C)C)C[C@@H](O)[C@H](Cc3ccccc3)NC(=O)OCc3cccnc3)cc2s1. The number of nitrogens with one attached hydrogen (secondary N) is 1. The van der Waals surface area contributed by atoms with Crippen LogP contribution in [0.4, 0.5) is 9.93 Å². The molecular weight excluding hydrogens is 677 g/mol. The lowest BCUT2D eigenvalue weighted by atomic mass is 10.0. The van der Waals surface area contributed by atoms with E-state index in [0.717, 1.165) is 38.0 Å². The number of alkyl carbamates (subject to hydrolysis) is 1. The van der Waals surface area contributed by atoms with E-state index < -0.39 is 28.3 Å². The third-order valence-electron chi connectivity index (χ3n) is 8.55. The van der Waals surface area contributed by atoms with E-state index in [4.69, 9.17) is 4.74 Å². The average Bonchev–Trinajstić information content (AvgIpc) is 3.77. The number of carbonyl (C=O) groups is 2. The van der Waals surface area contributed by atoms with Crippen molar-refractivity contribution in [2.75, 3.05) is 44.2 Å². The molecule has 0 bridgehead atoms. The number of rotatable bonds is 16. The van der Waals surface area contributed by atoms with Gasteiger partial charge in [0.2, 0.25) is 15.9 Å². The monoisotopic (exact) mass is 722 g/mol. The maximum absolute atomic E-state index is 14.2. The molecule has 2 amide bonds. The lowest BCUT2D eigenvalue weighted by Crippen LogP contribution is -2.51. The molecule has 1 aliphatic heterocycles. The van der Waals surface area contributed by atoms with Gasteiger partial charge in [-0.2, -0.15) is 4.31 Å². The first-order valence-corrected chi connectivity index (χ1v) is 19.2. The second-order valence-corrected chi connectivity index (χ2v) is 16.0. The van der Waals surface area contributed by atoms with Crippen LogP contribution in [0.3, 0.4) is 0 Å². The number of aliphatic hydroxyl groups excluding tert-OH is 1. The molecule has 50 heavy (non-hydrogen) atoms. The van der Waals surface area contributed by atoms with Gasteiger partial charge in [0, 0.05) is 51.1 Å². The highest BCUT2D eigenvalue weighted by Gasteiger charge is 2.32. The molecule has 2 N–H and O–H groups in total. The molecule has 0 saturated carbocycles. The quantitative estimate of drug-likeness (QED) is 0.168. The summed E-state index contributed by atoms with van der Waals surface area (Å²) in [4.78, 5) is 38.2. The Morgan fingerprint density at radius 2 is 1.78 bits per heavy atom. The van der Waals surface area contributed by atoms with Gasteiger partial charge in [0.1, 0.15) is 6.61 Å². The van der Waals surface area contributed by atoms with Crippen LogP contribution in [0.25, 0.3) is 10.2 Å². The van der Waals surface area contributed by atoms with E-state index in [1.807, 2.05) is 44.2 Å². The van der Waals surface area contributed by atoms with Gasteiger partial charge < -0.3 is 20.1 Å². The molecule has 0 spiro atoms. The topological polar surface area (TPSA) is 145 Å². The number of anilines is 1. The Morgan fingerprint density at radius 1 is 1.04 bits per heavy atom. The molecule has 5 rings (SSSR count). The molecule has 14 heteroatoms. The van der Waals surface area contributed by atoms with Crippen molar-refractivity contribution in [1.29, 1.82) is 0 Å². The van der Waals surface area contributed by atoms with Crippen molar-refractivity contribution in [2.45, 2.75) is 63.7 Å². The first-order valence-electron chi connectivity index (χ1n) is 16.9. The van der Waals surface area contributed by atoms with E-state index in [2.05, 4.69) is 20.2 Å². The molecule has 2 atom stereocenters. The van der Waals surface area contributed by atoms with Crippen LogP contribution in [-0.2, 0) is 32.6 Å². The zero-order valence-corrected chi connectivity index (χ0v) is 30.4. The van der Waals surface area contributed by atoms with Crippen LogP contribution in [0.15, 0.2) is 78.0 Å². The second-order valence-electron chi connectivity index (χ2n) is 13.0. The number of amides is 2. The standard InChI is InChI=1S/C36H46N6O6S2/c1-26(2)23-41(24-33(44)32(20-28-10-5-4-6-11-28)39-36(45)48-25-29-12-9-15-37-22-29)50(46,47)30-13-14-31-34(21-30)49-35(38-31)42(27(3)43)19-18-40-16-7-8-17-40/h4-6,9-15,21-22,26,32-33,44H,7-8,16-20,23-25H2,1-3H3,(H,39,45)/t32-,33+/m0/s1. The minimum absolute atomic E-state index is 0.00787. The third-order valence-corrected chi connectivity index (χ3v) is 11.4. The smallest absolute Gasteiger partial charge is 0.407 e. The number of aliphatic hydroxyl groups is 1. The molecule has 0 radical (unpaired) electrons. The Bertz CT molecular complexity index is 1820. The normalized spacial score (nSPS) is 15.0. The third kappa shape index (κ3) is 10.1. The molecule has 4 aromatic rings. The number of ether oxygens (including phenoxy) is 1. The van der Waals surface area contributed by atoms with Crippen molar-refractivity contribution < 1.29 is 27.9 Å². The molecule has 0 unspecified atom stereocenters. The number of nitrogens with zero attached hydrogens (tertiary/aromatic N) is 5. The fraction of sp³-hybridized carbons (Fsp3) is 0.444. The largest absolute Gasteiger partial charge is 0.445 e. The van der Waals surface area contributed by atoms with Crippen molar-refractivity contribution >= 4 is 48.7 Å². The number of thiazole rings is 1. The molecule has 12 nitrogen and oxygen atoms in total. The number of aromatic nitrogens is 2. The van der Waals surface area contributed by atoms with Gasteiger partial charge in [-0.05, 0) is 68.1 Å². The first-order chi connectivity index (χ1) is 24.0. The summed E-state index contributed by atoms with van der Waals surface area (Å²) >= 11 is 1.28. The fourth-order valence-electron chi connectivity index (χ4n) is 5.94. The highest BCUT2D eigenvalue weighted by atomic mass is 32.2. The van der Waals surface area contributed by atoms with Gasteiger partial charge >= 0.3 is 6.09 Å². The molecule has 0 aliphatic carbocycles. The van der Waals surface area contributed by atoms with Gasteiger partial charge in [-0.15, -0.1) is 0 Å². The highest BCUT2D eigenvalue weighted by molar-refractivity contribution is 7.89. The molecule has 3 heterocycles. The van der Waals surface area contributed by atoms with Crippen LogP contribution in [0, 0.1) is 5.92 Å². The van der Waals surface area contributed by atoms with Crippen molar-refractivity contribution in [2.24, 2.45) is 5.92 Å². The van der Waals surface area contributed by atoms with Gasteiger partial charge in [-0.3, -0.25) is 14.7 Å². The molecule has 1 aliphatic rings. The van der Waals surface area contributed by atoms with Gasteiger partial charge in [0.15, 0.2) is 5.13 Å². The number of pyridine rings is 1. The van der Waals surface area contributed by atoms with Crippen molar-refractivity contribution in [3.63, 3.8) is 0 Å². The molecule has 2 aromatic heterocycles. The van der Waals surface area contributed by atoms with Crippen LogP contribution in [-0.4, -0.2) is 96.1 Å². The Labute approximate surface area is 298 Å². The molecule has 1 fully saturated rings. The second kappa shape index (κ2) is 17.3. The molecule has 2 aromatic carbocycles. The summed E-state index contributed by atoms with van der Waals surface area (Å²) in [7, 11) is -4.10. The van der Waals surface area contributed by atoms with Gasteiger partial charge in [-0.25, -0.2) is 18.2 Å². The van der Waals surface area contributed by atoms with Crippen LogP contribution >= 0.6 is 11.3 Å². The lowest BCUT2D eigenvalue weighted by Gasteiger charge is -2.30. The van der Waals surface area contributed by atoms with E-state index in [-0.39, 0.29) is 42.8 Å². The first kappa shape index (κ1) is 37.3. The predicted molar refractivity (Wildman–Crippen MR) is 194 cm³/mol. The van der Waals surface area contributed by atoms with Crippen molar-refractivity contribution in [3.05, 3.63) is 84.2 Å². The van der Waals surface area contributed by atoms with Gasteiger partial charge in [0.05, 0.1) is 27.3 Å². The number of carbonyl (C=O) groups excluding carboxylic acids is 2. The van der Waals surface area contributed by atoms with Crippen molar-refractivity contribution in [3.8, 4) is 0 Å². The molecule has 268 valence electrons. The summed E-state index contributed by atoms with van der Waals surface area (Å²) in [5.41, 5.74) is 2.16. The molecule has 1 saturated heterocycles. The zero-order valence-electron chi connectivity index (χ0n) is 28.8. The lowest BCUT2D eigenvalue weighted by molar-refractivity contribution is -0.116. The summed E-state index contributed by atoms with van der Waals surface area (Å²) < 4.78 is 35.7. The van der Waals surface area contributed by atoms with E-state index in [1.165, 1.54) is 28.6 Å². The minimum Gasteiger partial charge on any atom is -0.445 e. The Morgan fingerprint density at radius 3 is 2.46 bits per heavy atom. The summed E-state index contributed by atoms with van der Waals surface area (Å²) in [6.45, 7) is 8.50. The zero-order chi connectivity index (χ0) is 35.7. The summed E-state index contributed by atoms with van der Waals surface area (Å²) in [5, 5.41) is 14.9. The Balaban J connectivity index is 1.34. The van der Waals surface area contributed by atoms with Crippen LogP contribution in [0.5, 0.6) is 0 Å². The molecular formula is C36H46N6O6S2. The van der Waals surface area contributed by atoms with Crippen molar-refractivity contribution in [1.82, 2.24) is 24.5 Å². The maximum atomic E-state index is 14.2. The number of hydrogen-bond acceptors (Lipinski definition) is 10. The number of likely N-dealkylation sites (tertiary alicyclic amines) is 1. The fourth-order valence-corrected chi connectivity index (χ4v) is 8.74. The van der Waals surface area contributed by atoms with E-state index >= 15 is 0 Å². The number of sulfonamides is 1. The summed E-state index contributed by atoms with van der Waals surface area (Å²) in [6.07, 6.45) is 3.78. The van der Waals surface area contributed by atoms with E-state index in [9.17, 15) is 23.1 Å². The Hall–Kier alpha value is -3.95. The summed E-state index contributed by atoms with van der Waals surface area (Å²) in [6, 6.07) is 16.8. The van der Waals surface area contributed by atoms with E-state index in [1.54, 1.807) is 41.6 Å². The predicted octanol–water partition coefficient (Wildman–Crippen LogP) is 4.69. The maximum Gasteiger partial charge on any atom is 0.407 e. The average molecular weight is 723 g/mol. The van der Waals surface area contributed by atoms with Gasteiger partial charge in [0.25, 0.3) is 0 Å². The van der Waals surface area contributed by atoms with Gasteiger partial charge in [-0.1, -0.05) is 61.6 Å². The number of benzene rings is 2. The minimum atomic E-state index is -4.10. The van der Waals surface area contributed by atoms with Crippen LogP contribution in [0.2, 0.25) is 0 Å². The number of fused-ring (bicyclic) bond motifs is 1.